The van der Waals surface area contributed by atoms with Crippen LogP contribution in [0.1, 0.15) is 123 Å². The lowest BCUT2D eigenvalue weighted by molar-refractivity contribution is -0.155. The first-order valence-electron chi connectivity index (χ1n) is 17.2. The Labute approximate surface area is 259 Å². The number of aliphatic hydroxyl groups is 2. The van der Waals surface area contributed by atoms with E-state index in [0.29, 0.717) is 30.6 Å². The normalized spacial score (nSPS) is 33.5. The number of H-pyrrole nitrogens is 1. The molecule has 0 saturated heterocycles. The smallest absolute Gasteiger partial charge is 0.308 e. The molecule has 0 amide bonds. The number of carbonyl (C=O) groups is 1. The van der Waals surface area contributed by atoms with Crippen LogP contribution in [0, 0.1) is 29.1 Å². The van der Waals surface area contributed by atoms with E-state index in [0.717, 1.165) is 67.6 Å². The van der Waals surface area contributed by atoms with Gasteiger partial charge in [-0.2, -0.15) is 0 Å². The van der Waals surface area contributed by atoms with Gasteiger partial charge in [0.25, 0.3) is 0 Å². The summed E-state index contributed by atoms with van der Waals surface area (Å²) in [7, 11) is 0. The molecule has 1 aromatic heterocycles. The Morgan fingerprint density at radius 2 is 1.95 bits per heavy atom. The SMILES string of the molecule is C=C1/C(=C\C=C2/CCC[C@]3(C)[C@@H]([C@H](C)CC[C@H](OC(=O)C(C)C)C4(c5nc(CCC)c[nH]5)CC4)CC[C@@H]23)C[C@@H](O)C[C@@H]1O. The average molecular weight is 593 g/mol. The number of aromatic nitrogens is 2. The molecule has 0 aromatic carbocycles. The summed E-state index contributed by atoms with van der Waals surface area (Å²) in [4.78, 5) is 21.3. The zero-order valence-electron chi connectivity index (χ0n) is 27.3. The van der Waals surface area contributed by atoms with Gasteiger partial charge in [-0.05, 0) is 105 Å². The molecule has 1 heterocycles. The summed E-state index contributed by atoms with van der Waals surface area (Å²) in [6.07, 6.45) is 18.2. The van der Waals surface area contributed by atoms with E-state index in [9.17, 15) is 15.0 Å². The molecule has 0 aliphatic heterocycles. The third-order valence-electron chi connectivity index (χ3n) is 11.6. The summed E-state index contributed by atoms with van der Waals surface area (Å²) in [6, 6.07) is 0. The van der Waals surface area contributed by atoms with Gasteiger partial charge in [-0.25, -0.2) is 4.98 Å². The van der Waals surface area contributed by atoms with Gasteiger partial charge >= 0.3 is 5.97 Å². The summed E-state index contributed by atoms with van der Waals surface area (Å²) in [5.41, 5.74) is 4.48. The van der Waals surface area contributed by atoms with E-state index >= 15 is 0 Å². The number of carbonyl (C=O) groups excluding carboxylic acids is 1. The summed E-state index contributed by atoms with van der Waals surface area (Å²) < 4.78 is 6.28. The number of aryl methyl sites for hydroxylation is 1. The van der Waals surface area contributed by atoms with Crippen LogP contribution in [0.3, 0.4) is 0 Å². The molecule has 4 saturated carbocycles. The van der Waals surface area contributed by atoms with Crippen LogP contribution in [0.15, 0.2) is 41.6 Å². The molecule has 4 aliphatic rings. The van der Waals surface area contributed by atoms with Crippen molar-refractivity contribution in [3.63, 3.8) is 0 Å². The van der Waals surface area contributed by atoms with Crippen molar-refractivity contribution in [2.45, 2.75) is 142 Å². The highest BCUT2D eigenvalue weighted by Crippen LogP contribution is 2.60. The minimum atomic E-state index is -0.647. The highest BCUT2D eigenvalue weighted by Gasteiger charge is 2.56. The van der Waals surface area contributed by atoms with E-state index in [1.807, 2.05) is 20.0 Å². The maximum Gasteiger partial charge on any atom is 0.308 e. The average Bonchev–Trinajstić information content (AvgIpc) is 3.49. The molecule has 6 heteroatoms. The molecule has 5 rings (SSSR count). The van der Waals surface area contributed by atoms with Crippen molar-refractivity contribution in [2.24, 2.45) is 29.1 Å². The van der Waals surface area contributed by atoms with Crippen molar-refractivity contribution in [3.05, 3.63) is 53.2 Å². The van der Waals surface area contributed by atoms with Gasteiger partial charge in [0.15, 0.2) is 0 Å². The topological polar surface area (TPSA) is 95.4 Å². The lowest BCUT2D eigenvalue weighted by Crippen LogP contribution is -2.37. The van der Waals surface area contributed by atoms with Crippen molar-refractivity contribution in [3.8, 4) is 0 Å². The monoisotopic (exact) mass is 592 g/mol. The second-order valence-electron chi connectivity index (χ2n) is 14.9. The first-order valence-corrected chi connectivity index (χ1v) is 17.2. The number of nitrogens with one attached hydrogen (secondary N) is 1. The largest absolute Gasteiger partial charge is 0.461 e. The molecule has 0 radical (unpaired) electrons. The number of aromatic amines is 1. The Balaban J connectivity index is 1.29. The van der Waals surface area contributed by atoms with Gasteiger partial charge in [0, 0.05) is 12.6 Å². The van der Waals surface area contributed by atoms with Crippen molar-refractivity contribution in [1.29, 1.82) is 0 Å². The van der Waals surface area contributed by atoms with Crippen LogP contribution in [0.4, 0.5) is 0 Å². The number of hydrogen-bond acceptors (Lipinski definition) is 5. The maximum atomic E-state index is 12.9. The molecular formula is C37H56N2O4. The Hall–Kier alpha value is -2.18. The van der Waals surface area contributed by atoms with E-state index in [1.165, 1.54) is 31.3 Å². The first kappa shape index (κ1) is 32.2. The molecule has 0 bridgehead atoms. The fraction of sp³-hybridized carbons (Fsp3) is 0.730. The predicted octanol–water partition coefficient (Wildman–Crippen LogP) is 7.52. The van der Waals surface area contributed by atoms with E-state index in [2.05, 4.69) is 44.5 Å². The first-order chi connectivity index (χ1) is 20.5. The number of allylic oxidation sites excluding steroid dienone is 3. The van der Waals surface area contributed by atoms with E-state index < -0.39 is 12.2 Å². The number of rotatable bonds is 11. The van der Waals surface area contributed by atoms with Gasteiger partial charge in [0.1, 0.15) is 11.9 Å². The standard InChI is InChI=1S/C37H56N2O4/c1-7-9-28-22-38-35(39-28)37(18-19-37)33(43-34(42)23(2)3)16-11-24(4)30-14-15-31-26(10-8-17-36(30,31)6)12-13-27-20-29(40)21-32(41)25(27)5/h12-13,22-24,29-33,40-41H,5,7-11,14-21H2,1-4,6H3,(H,38,39)/b26-12+,27-13-/t24-,29-,30-,31+,32+,33+,36-/m1/s1. The number of ether oxygens (including phenoxy) is 1. The van der Waals surface area contributed by atoms with Crippen LogP contribution in [-0.2, 0) is 21.4 Å². The number of imidazole rings is 1. The maximum absolute atomic E-state index is 12.9. The third-order valence-corrected chi connectivity index (χ3v) is 11.6. The number of fused-ring (bicyclic) bond motifs is 1. The third kappa shape index (κ3) is 6.61. The minimum Gasteiger partial charge on any atom is -0.461 e. The molecule has 43 heavy (non-hydrogen) atoms. The molecule has 1 aromatic rings. The molecule has 238 valence electrons. The van der Waals surface area contributed by atoms with Gasteiger partial charge < -0.3 is 19.9 Å². The van der Waals surface area contributed by atoms with E-state index in [4.69, 9.17) is 9.72 Å². The highest BCUT2D eigenvalue weighted by atomic mass is 16.5. The van der Waals surface area contributed by atoms with Crippen molar-refractivity contribution in [1.82, 2.24) is 9.97 Å². The fourth-order valence-corrected chi connectivity index (χ4v) is 8.86. The predicted molar refractivity (Wildman–Crippen MR) is 171 cm³/mol. The molecule has 0 spiro atoms. The zero-order valence-corrected chi connectivity index (χ0v) is 27.3. The van der Waals surface area contributed by atoms with E-state index in [1.54, 1.807) is 0 Å². The van der Waals surface area contributed by atoms with Crippen LogP contribution < -0.4 is 0 Å². The van der Waals surface area contributed by atoms with Crippen molar-refractivity contribution < 1.29 is 19.7 Å². The summed E-state index contributed by atoms with van der Waals surface area (Å²) in [5, 5.41) is 20.5. The molecule has 0 unspecified atom stereocenters. The number of hydrogen-bond donors (Lipinski definition) is 3. The molecular weight excluding hydrogens is 536 g/mol. The van der Waals surface area contributed by atoms with Crippen LogP contribution in [0.2, 0.25) is 0 Å². The second kappa shape index (κ2) is 13.0. The van der Waals surface area contributed by atoms with Gasteiger partial charge in [0.2, 0.25) is 0 Å². The zero-order chi connectivity index (χ0) is 30.9. The molecule has 3 N–H and O–H groups in total. The summed E-state index contributed by atoms with van der Waals surface area (Å²) in [6.45, 7) is 15.1. The van der Waals surface area contributed by atoms with Crippen LogP contribution >= 0.6 is 0 Å². The van der Waals surface area contributed by atoms with Crippen molar-refractivity contribution >= 4 is 5.97 Å². The molecule has 4 aliphatic carbocycles. The Bertz CT molecular complexity index is 1220. The van der Waals surface area contributed by atoms with Gasteiger partial charge in [-0.1, -0.05) is 65.3 Å². The summed E-state index contributed by atoms with van der Waals surface area (Å²) in [5.74, 6) is 2.51. The molecule has 6 nitrogen and oxygen atoms in total. The quantitative estimate of drug-likeness (QED) is 0.231. The van der Waals surface area contributed by atoms with Crippen LogP contribution in [-0.4, -0.2) is 44.5 Å². The minimum absolute atomic E-state index is 0.103. The second-order valence-corrected chi connectivity index (χ2v) is 14.9. The van der Waals surface area contributed by atoms with Gasteiger partial charge in [0.05, 0.1) is 29.2 Å². The van der Waals surface area contributed by atoms with Crippen molar-refractivity contribution in [2.75, 3.05) is 0 Å². The number of esters is 1. The van der Waals surface area contributed by atoms with E-state index in [-0.39, 0.29) is 28.8 Å². The summed E-state index contributed by atoms with van der Waals surface area (Å²) >= 11 is 0. The number of aliphatic hydroxyl groups excluding tert-OH is 2. The highest BCUT2D eigenvalue weighted by molar-refractivity contribution is 5.72. The molecule has 7 atom stereocenters. The van der Waals surface area contributed by atoms with Crippen LogP contribution in [0.25, 0.3) is 0 Å². The fourth-order valence-electron chi connectivity index (χ4n) is 8.86. The van der Waals surface area contributed by atoms with Crippen LogP contribution in [0.5, 0.6) is 0 Å². The molecule has 4 fully saturated rings. The van der Waals surface area contributed by atoms with Gasteiger partial charge in [-0.15, -0.1) is 0 Å². The van der Waals surface area contributed by atoms with Gasteiger partial charge in [-0.3, -0.25) is 4.79 Å². The Kier molecular flexibility index (Phi) is 9.78. The lowest BCUT2D eigenvalue weighted by Gasteiger charge is -2.44. The number of nitrogens with zero attached hydrogens (tertiary/aromatic N) is 1. The Morgan fingerprint density at radius 3 is 2.65 bits per heavy atom. The lowest BCUT2D eigenvalue weighted by atomic mass is 9.60. The Morgan fingerprint density at radius 1 is 1.19 bits per heavy atom.